The number of hydrogen-bond acceptors (Lipinski definition) is 0. The fourth-order valence-electron chi connectivity index (χ4n) is 1.93. The molecular formula is C18H24. The molecule has 0 fully saturated rings. The van der Waals surface area contributed by atoms with Crippen LogP contribution in [0.15, 0.2) is 54.1 Å². The van der Waals surface area contributed by atoms with E-state index in [9.17, 15) is 0 Å². The summed E-state index contributed by atoms with van der Waals surface area (Å²) in [4.78, 5) is 0. The Morgan fingerprint density at radius 2 is 1.61 bits per heavy atom. The number of aryl methyl sites for hydroxylation is 1. The minimum absolute atomic E-state index is 1.07. The van der Waals surface area contributed by atoms with Crippen molar-refractivity contribution in [3.8, 4) is 0 Å². The number of rotatable bonds is 5. The molecule has 0 heterocycles. The predicted molar refractivity (Wildman–Crippen MR) is 82.6 cm³/mol. The van der Waals surface area contributed by atoms with Crippen molar-refractivity contribution in [3.63, 3.8) is 0 Å². The maximum absolute atomic E-state index is 2.25. The lowest BCUT2D eigenvalue weighted by Gasteiger charge is -2.09. The largest absolute Gasteiger partial charge is 0.0845 e. The number of allylic oxidation sites excluding steroid dienone is 6. The molecule has 96 valence electrons. The Bertz CT molecular complexity index is 459. The van der Waals surface area contributed by atoms with Crippen LogP contribution in [0.2, 0.25) is 0 Å². The summed E-state index contributed by atoms with van der Waals surface area (Å²) in [5.41, 5.74) is 5.33. The first-order valence-corrected chi connectivity index (χ1v) is 6.80. The van der Waals surface area contributed by atoms with Crippen LogP contribution in [0, 0.1) is 6.92 Å². The maximum Gasteiger partial charge on any atom is -0.0152 e. The SMILES string of the molecule is CC\C=C/C(C)=C(\C=C/CC)c1ccccc1C. The van der Waals surface area contributed by atoms with Gasteiger partial charge in [-0.05, 0) is 49.0 Å². The van der Waals surface area contributed by atoms with Crippen LogP contribution in [0.25, 0.3) is 5.57 Å². The van der Waals surface area contributed by atoms with E-state index in [1.54, 1.807) is 0 Å². The first kappa shape index (κ1) is 14.5. The Kier molecular flexibility index (Phi) is 6.21. The van der Waals surface area contributed by atoms with Crippen molar-refractivity contribution in [1.29, 1.82) is 0 Å². The molecule has 0 unspecified atom stereocenters. The fraction of sp³-hybridized carbons (Fsp3) is 0.333. The maximum atomic E-state index is 2.25. The average molecular weight is 240 g/mol. The minimum Gasteiger partial charge on any atom is -0.0845 e. The summed E-state index contributed by atoms with van der Waals surface area (Å²) in [6.45, 7) is 8.70. The van der Waals surface area contributed by atoms with Crippen molar-refractivity contribution < 1.29 is 0 Å². The van der Waals surface area contributed by atoms with Crippen molar-refractivity contribution in [2.45, 2.75) is 40.5 Å². The van der Waals surface area contributed by atoms with E-state index in [1.165, 1.54) is 22.3 Å². The van der Waals surface area contributed by atoms with E-state index in [4.69, 9.17) is 0 Å². The molecule has 0 atom stereocenters. The van der Waals surface area contributed by atoms with Gasteiger partial charge >= 0.3 is 0 Å². The first-order chi connectivity index (χ1) is 8.70. The molecule has 1 rings (SSSR count). The van der Waals surface area contributed by atoms with Crippen LogP contribution in [-0.4, -0.2) is 0 Å². The summed E-state index contributed by atoms with van der Waals surface area (Å²) in [6.07, 6.45) is 11.1. The molecule has 18 heavy (non-hydrogen) atoms. The van der Waals surface area contributed by atoms with Gasteiger partial charge in [0.1, 0.15) is 0 Å². The summed E-state index contributed by atoms with van der Waals surface area (Å²) < 4.78 is 0. The van der Waals surface area contributed by atoms with Gasteiger partial charge in [-0.15, -0.1) is 0 Å². The first-order valence-electron chi connectivity index (χ1n) is 6.80. The Hall–Kier alpha value is -1.56. The lowest BCUT2D eigenvalue weighted by atomic mass is 9.95. The lowest BCUT2D eigenvalue weighted by molar-refractivity contribution is 1.21. The van der Waals surface area contributed by atoms with Crippen LogP contribution in [0.1, 0.15) is 44.7 Å². The molecule has 0 aliphatic carbocycles. The summed E-state index contributed by atoms with van der Waals surface area (Å²) in [5, 5.41) is 0. The molecule has 0 aromatic heterocycles. The lowest BCUT2D eigenvalue weighted by Crippen LogP contribution is -1.89. The van der Waals surface area contributed by atoms with E-state index in [0.717, 1.165) is 12.8 Å². The molecule has 1 aromatic carbocycles. The van der Waals surface area contributed by atoms with E-state index in [1.807, 2.05) is 0 Å². The van der Waals surface area contributed by atoms with Crippen molar-refractivity contribution >= 4 is 5.57 Å². The van der Waals surface area contributed by atoms with Gasteiger partial charge in [-0.2, -0.15) is 0 Å². The van der Waals surface area contributed by atoms with Gasteiger partial charge in [-0.25, -0.2) is 0 Å². The molecule has 0 N–H and O–H groups in total. The highest BCUT2D eigenvalue weighted by Crippen LogP contribution is 2.24. The van der Waals surface area contributed by atoms with Gasteiger partial charge in [-0.3, -0.25) is 0 Å². The van der Waals surface area contributed by atoms with Crippen molar-refractivity contribution in [1.82, 2.24) is 0 Å². The predicted octanol–water partition coefficient (Wildman–Crippen LogP) is 5.70. The molecule has 0 heteroatoms. The fourth-order valence-corrected chi connectivity index (χ4v) is 1.93. The van der Waals surface area contributed by atoms with E-state index < -0.39 is 0 Å². The molecule has 0 aliphatic heterocycles. The second-order valence-electron chi connectivity index (χ2n) is 4.53. The summed E-state index contributed by atoms with van der Waals surface area (Å²) in [7, 11) is 0. The zero-order chi connectivity index (χ0) is 13.4. The summed E-state index contributed by atoms with van der Waals surface area (Å²) in [5.74, 6) is 0. The van der Waals surface area contributed by atoms with Gasteiger partial charge in [0.05, 0.1) is 0 Å². The Morgan fingerprint density at radius 1 is 1.00 bits per heavy atom. The molecule has 0 nitrogen and oxygen atoms in total. The molecular weight excluding hydrogens is 216 g/mol. The second kappa shape index (κ2) is 7.71. The highest BCUT2D eigenvalue weighted by molar-refractivity contribution is 5.79. The molecule has 0 radical (unpaired) electrons. The van der Waals surface area contributed by atoms with Crippen LogP contribution < -0.4 is 0 Å². The summed E-state index contributed by atoms with van der Waals surface area (Å²) in [6, 6.07) is 8.58. The minimum atomic E-state index is 1.07. The van der Waals surface area contributed by atoms with Gasteiger partial charge in [-0.1, -0.05) is 62.4 Å². The molecule has 0 bridgehead atoms. The molecule has 1 aromatic rings. The van der Waals surface area contributed by atoms with Gasteiger partial charge in [0.2, 0.25) is 0 Å². The molecule has 0 spiro atoms. The monoisotopic (exact) mass is 240 g/mol. The normalized spacial score (nSPS) is 13.3. The zero-order valence-electron chi connectivity index (χ0n) is 12.0. The van der Waals surface area contributed by atoms with Crippen LogP contribution in [-0.2, 0) is 0 Å². The Balaban J connectivity index is 3.26. The van der Waals surface area contributed by atoms with E-state index in [2.05, 4.69) is 76.3 Å². The van der Waals surface area contributed by atoms with Gasteiger partial charge in [0.25, 0.3) is 0 Å². The molecule has 0 aliphatic rings. The van der Waals surface area contributed by atoms with E-state index in [-0.39, 0.29) is 0 Å². The van der Waals surface area contributed by atoms with Gasteiger partial charge in [0.15, 0.2) is 0 Å². The number of benzene rings is 1. The van der Waals surface area contributed by atoms with Crippen LogP contribution in [0.5, 0.6) is 0 Å². The van der Waals surface area contributed by atoms with Gasteiger partial charge in [0, 0.05) is 0 Å². The highest BCUT2D eigenvalue weighted by atomic mass is 14.1. The molecule has 0 saturated carbocycles. The van der Waals surface area contributed by atoms with E-state index >= 15 is 0 Å². The van der Waals surface area contributed by atoms with Crippen molar-refractivity contribution in [3.05, 3.63) is 65.3 Å². The molecule has 0 amide bonds. The zero-order valence-corrected chi connectivity index (χ0v) is 12.0. The highest BCUT2D eigenvalue weighted by Gasteiger charge is 2.03. The summed E-state index contributed by atoms with van der Waals surface area (Å²) >= 11 is 0. The smallest absolute Gasteiger partial charge is 0.0152 e. The van der Waals surface area contributed by atoms with Crippen LogP contribution >= 0.6 is 0 Å². The van der Waals surface area contributed by atoms with Crippen LogP contribution in [0.4, 0.5) is 0 Å². The van der Waals surface area contributed by atoms with Crippen molar-refractivity contribution in [2.24, 2.45) is 0 Å². The van der Waals surface area contributed by atoms with Crippen LogP contribution in [0.3, 0.4) is 0 Å². The Labute approximate surface area is 112 Å². The molecule has 0 saturated heterocycles. The number of hydrogen-bond donors (Lipinski definition) is 0. The topological polar surface area (TPSA) is 0 Å². The third-order valence-corrected chi connectivity index (χ3v) is 2.98. The standard InChI is InChI=1S/C18H24/c1-5-7-11-15(3)17(13-8-6-2)18-14-10-9-12-16(18)4/h7-14H,5-6H2,1-4H3/b11-7-,13-8-,17-15+. The van der Waals surface area contributed by atoms with Gasteiger partial charge < -0.3 is 0 Å². The average Bonchev–Trinajstić information content (AvgIpc) is 2.38. The second-order valence-corrected chi connectivity index (χ2v) is 4.53. The third-order valence-electron chi connectivity index (χ3n) is 2.98. The quantitative estimate of drug-likeness (QED) is 0.579. The van der Waals surface area contributed by atoms with Crippen molar-refractivity contribution in [2.75, 3.05) is 0 Å². The third kappa shape index (κ3) is 4.03. The van der Waals surface area contributed by atoms with E-state index in [0.29, 0.717) is 0 Å². The Morgan fingerprint density at radius 3 is 2.22 bits per heavy atom.